The average Bonchev–Trinajstić information content (AvgIpc) is 2.86. The van der Waals surface area contributed by atoms with E-state index in [4.69, 9.17) is 0 Å². The summed E-state index contributed by atoms with van der Waals surface area (Å²) in [5.41, 5.74) is 0.829. The molecule has 0 unspecified atom stereocenters. The first-order chi connectivity index (χ1) is 10.5. The number of para-hydroxylation sites is 2. The summed E-state index contributed by atoms with van der Waals surface area (Å²) < 4.78 is 41.5. The van der Waals surface area contributed by atoms with E-state index in [0.29, 0.717) is 17.9 Å². The van der Waals surface area contributed by atoms with Gasteiger partial charge in [0.05, 0.1) is 16.6 Å². The van der Waals surface area contributed by atoms with Crippen molar-refractivity contribution in [3.63, 3.8) is 0 Å². The van der Waals surface area contributed by atoms with Crippen LogP contribution in [0.4, 0.5) is 13.2 Å². The number of fused-ring (bicyclic) bond motifs is 1. The quantitative estimate of drug-likeness (QED) is 0.712. The van der Waals surface area contributed by atoms with E-state index in [2.05, 4.69) is 9.97 Å². The normalized spacial score (nSPS) is 12.0. The minimum atomic E-state index is -4.46. The molecular weight excluding hydrogens is 291 g/mol. The molecule has 6 heteroatoms. The van der Waals surface area contributed by atoms with Gasteiger partial charge in [0.25, 0.3) is 0 Å². The topological polar surface area (TPSA) is 30.7 Å². The van der Waals surface area contributed by atoms with E-state index in [1.165, 1.54) is 12.3 Å². The number of nitrogens with zero attached hydrogens (tertiary/aromatic N) is 3. The Morgan fingerprint density at radius 2 is 1.91 bits per heavy atom. The molecule has 0 atom stereocenters. The smallest absolute Gasteiger partial charge is 0.324 e. The van der Waals surface area contributed by atoms with Crippen LogP contribution in [0.2, 0.25) is 0 Å². The highest BCUT2D eigenvalue weighted by atomic mass is 19.4. The Morgan fingerprint density at radius 3 is 2.64 bits per heavy atom. The second-order valence-corrected chi connectivity index (χ2v) is 4.99. The molecule has 3 nitrogen and oxygen atoms in total. The molecule has 22 heavy (non-hydrogen) atoms. The third-order valence-corrected chi connectivity index (χ3v) is 3.47. The molecule has 0 aliphatic heterocycles. The third kappa shape index (κ3) is 2.45. The molecule has 114 valence electrons. The number of imidazole rings is 1. The predicted octanol–water partition coefficient (Wildman–Crippen LogP) is 4.53. The molecule has 0 saturated heterocycles. The molecule has 3 rings (SSSR count). The zero-order valence-corrected chi connectivity index (χ0v) is 11.9. The first-order valence-electron chi connectivity index (χ1n) is 6.99. The van der Waals surface area contributed by atoms with Gasteiger partial charge in [0.2, 0.25) is 0 Å². The van der Waals surface area contributed by atoms with Crippen molar-refractivity contribution in [1.29, 1.82) is 0 Å². The zero-order valence-electron chi connectivity index (χ0n) is 11.9. The minimum Gasteiger partial charge on any atom is -0.324 e. The number of pyridine rings is 1. The number of rotatable bonds is 3. The summed E-state index contributed by atoms with van der Waals surface area (Å²) in [6, 6.07) is 8.73. The lowest BCUT2D eigenvalue weighted by atomic mass is 10.1. The van der Waals surface area contributed by atoms with Crippen molar-refractivity contribution >= 4 is 11.0 Å². The van der Waals surface area contributed by atoms with E-state index in [1.807, 2.05) is 29.7 Å². The van der Waals surface area contributed by atoms with Gasteiger partial charge in [-0.3, -0.25) is 4.98 Å². The highest BCUT2D eigenvalue weighted by molar-refractivity contribution is 5.81. The Balaban J connectivity index is 2.29. The number of aryl methyl sites for hydroxylation is 1. The number of aromatic nitrogens is 3. The molecule has 0 aliphatic rings. The van der Waals surface area contributed by atoms with Crippen molar-refractivity contribution in [1.82, 2.24) is 14.5 Å². The number of hydrogen-bond acceptors (Lipinski definition) is 2. The maximum atomic E-state index is 13.2. The van der Waals surface area contributed by atoms with Crippen LogP contribution in [0.5, 0.6) is 0 Å². The predicted molar refractivity (Wildman–Crippen MR) is 78.3 cm³/mol. The van der Waals surface area contributed by atoms with E-state index in [1.54, 1.807) is 6.07 Å². The van der Waals surface area contributed by atoms with Gasteiger partial charge in [-0.25, -0.2) is 4.98 Å². The van der Waals surface area contributed by atoms with Crippen LogP contribution in [-0.4, -0.2) is 14.5 Å². The highest BCUT2D eigenvalue weighted by Gasteiger charge is 2.35. The summed E-state index contributed by atoms with van der Waals surface area (Å²) in [6.45, 7) is 2.59. The fourth-order valence-corrected chi connectivity index (χ4v) is 2.55. The third-order valence-electron chi connectivity index (χ3n) is 3.47. The van der Waals surface area contributed by atoms with Crippen molar-refractivity contribution in [3.8, 4) is 11.4 Å². The summed E-state index contributed by atoms with van der Waals surface area (Å²) in [5.74, 6) is 0.331. The van der Waals surface area contributed by atoms with Crippen LogP contribution < -0.4 is 0 Å². The molecule has 0 spiro atoms. The molecule has 1 aromatic carbocycles. The zero-order chi connectivity index (χ0) is 15.7. The van der Waals surface area contributed by atoms with Crippen molar-refractivity contribution < 1.29 is 13.2 Å². The van der Waals surface area contributed by atoms with Gasteiger partial charge in [-0.1, -0.05) is 19.1 Å². The average molecular weight is 305 g/mol. The van der Waals surface area contributed by atoms with Gasteiger partial charge < -0.3 is 4.57 Å². The van der Waals surface area contributed by atoms with E-state index in [-0.39, 0.29) is 5.56 Å². The molecule has 3 aromatic rings. The highest BCUT2D eigenvalue weighted by Crippen LogP contribution is 2.37. The van der Waals surface area contributed by atoms with Gasteiger partial charge >= 0.3 is 6.18 Å². The van der Waals surface area contributed by atoms with Crippen LogP contribution in [0.15, 0.2) is 42.7 Å². The Labute approximate surface area is 125 Å². The number of alkyl halides is 3. The van der Waals surface area contributed by atoms with E-state index < -0.39 is 11.7 Å². The van der Waals surface area contributed by atoms with Gasteiger partial charge in [-0.05, 0) is 24.6 Å². The monoisotopic (exact) mass is 305 g/mol. The molecule has 0 amide bonds. The Kier molecular flexibility index (Phi) is 3.60. The lowest BCUT2D eigenvalue weighted by molar-refractivity contribution is -0.137. The number of hydrogen-bond donors (Lipinski definition) is 0. The molecule has 2 aromatic heterocycles. The second-order valence-electron chi connectivity index (χ2n) is 4.99. The number of halogens is 3. The molecule has 0 saturated carbocycles. The van der Waals surface area contributed by atoms with Crippen molar-refractivity contribution in [2.45, 2.75) is 26.1 Å². The van der Waals surface area contributed by atoms with Crippen molar-refractivity contribution in [2.24, 2.45) is 0 Å². The van der Waals surface area contributed by atoms with Crippen LogP contribution in [0, 0.1) is 0 Å². The Bertz CT molecular complexity index is 806. The maximum Gasteiger partial charge on any atom is 0.418 e. The van der Waals surface area contributed by atoms with Crippen LogP contribution in [0.1, 0.15) is 18.9 Å². The summed E-state index contributed by atoms with van der Waals surface area (Å²) in [7, 11) is 0. The summed E-state index contributed by atoms with van der Waals surface area (Å²) in [5, 5.41) is 0. The molecular formula is C16H14F3N3. The van der Waals surface area contributed by atoms with Gasteiger partial charge in [0.15, 0.2) is 0 Å². The van der Waals surface area contributed by atoms with Gasteiger partial charge in [-0.15, -0.1) is 0 Å². The SMILES string of the molecule is CCCn1c(-c2ccncc2C(F)(F)F)nc2ccccc21. The van der Waals surface area contributed by atoms with Gasteiger partial charge in [-0.2, -0.15) is 13.2 Å². The summed E-state index contributed by atoms with van der Waals surface area (Å²) >= 11 is 0. The molecule has 0 bridgehead atoms. The van der Waals surface area contributed by atoms with Crippen molar-refractivity contribution in [2.75, 3.05) is 0 Å². The van der Waals surface area contributed by atoms with Crippen LogP contribution >= 0.6 is 0 Å². The molecule has 0 fully saturated rings. The van der Waals surface area contributed by atoms with Crippen LogP contribution in [-0.2, 0) is 12.7 Å². The van der Waals surface area contributed by atoms with Gasteiger partial charge in [0, 0.05) is 24.5 Å². The van der Waals surface area contributed by atoms with E-state index >= 15 is 0 Å². The van der Waals surface area contributed by atoms with E-state index in [9.17, 15) is 13.2 Å². The lowest BCUT2D eigenvalue weighted by Gasteiger charge is -2.13. The molecule has 0 radical (unpaired) electrons. The molecule has 2 heterocycles. The van der Waals surface area contributed by atoms with Crippen molar-refractivity contribution in [3.05, 3.63) is 48.3 Å². The fourth-order valence-electron chi connectivity index (χ4n) is 2.55. The molecule has 0 N–H and O–H groups in total. The van der Waals surface area contributed by atoms with Crippen LogP contribution in [0.3, 0.4) is 0 Å². The first kappa shape index (κ1) is 14.6. The largest absolute Gasteiger partial charge is 0.418 e. The summed E-state index contributed by atoms with van der Waals surface area (Å²) in [4.78, 5) is 8.02. The maximum absolute atomic E-state index is 13.2. The van der Waals surface area contributed by atoms with E-state index in [0.717, 1.165) is 18.1 Å². The van der Waals surface area contributed by atoms with Gasteiger partial charge in [0.1, 0.15) is 5.82 Å². The number of benzene rings is 1. The minimum absolute atomic E-state index is 0.0622. The Morgan fingerprint density at radius 1 is 1.14 bits per heavy atom. The summed E-state index contributed by atoms with van der Waals surface area (Å²) in [6.07, 6.45) is -1.44. The first-order valence-corrected chi connectivity index (χ1v) is 6.99. The Hall–Kier alpha value is -2.37. The fraction of sp³-hybridized carbons (Fsp3) is 0.250. The lowest BCUT2D eigenvalue weighted by Crippen LogP contribution is -2.10. The van der Waals surface area contributed by atoms with Crippen LogP contribution in [0.25, 0.3) is 22.4 Å². The second kappa shape index (κ2) is 5.44. The standard InChI is InChI=1S/C16H14F3N3/c1-2-9-22-14-6-4-3-5-13(14)21-15(22)11-7-8-20-10-12(11)16(17,18)19/h3-8,10H,2,9H2,1H3. The molecule has 0 aliphatic carbocycles.